The summed E-state index contributed by atoms with van der Waals surface area (Å²) in [6.07, 6.45) is 1.57. The van der Waals surface area contributed by atoms with Crippen molar-refractivity contribution in [2.45, 2.75) is 6.92 Å². The third kappa shape index (κ3) is 3.31. The van der Waals surface area contributed by atoms with Crippen molar-refractivity contribution in [1.82, 2.24) is 4.98 Å². The summed E-state index contributed by atoms with van der Waals surface area (Å²) in [6.45, 7) is 1.88. The number of rotatable bonds is 4. The molecule has 0 atom stereocenters. The van der Waals surface area contributed by atoms with Gasteiger partial charge in [0.15, 0.2) is 0 Å². The highest BCUT2D eigenvalue weighted by Gasteiger charge is 2.15. The molecule has 0 radical (unpaired) electrons. The molecule has 110 valence electrons. The van der Waals surface area contributed by atoms with Gasteiger partial charge in [0, 0.05) is 37.1 Å². The molecular weight excluding hydrogens is 268 g/mol. The summed E-state index contributed by atoms with van der Waals surface area (Å²) in [6, 6.07) is 8.89. The summed E-state index contributed by atoms with van der Waals surface area (Å²) < 4.78 is 10.4. The number of ether oxygens (including phenoxy) is 2. The van der Waals surface area contributed by atoms with Crippen molar-refractivity contribution >= 4 is 11.6 Å². The molecule has 0 saturated heterocycles. The van der Waals surface area contributed by atoms with Gasteiger partial charge in [-0.1, -0.05) is 0 Å². The van der Waals surface area contributed by atoms with Gasteiger partial charge in [-0.05, 0) is 19.1 Å². The normalized spacial score (nSPS) is 10.1. The Labute approximate surface area is 124 Å². The van der Waals surface area contributed by atoms with E-state index in [-0.39, 0.29) is 5.91 Å². The minimum absolute atomic E-state index is 0.141. The van der Waals surface area contributed by atoms with Crippen LogP contribution < -0.4 is 14.4 Å². The van der Waals surface area contributed by atoms with Gasteiger partial charge < -0.3 is 14.4 Å². The van der Waals surface area contributed by atoms with E-state index in [2.05, 4.69) is 4.98 Å². The molecular formula is C16H18N2O3. The van der Waals surface area contributed by atoms with Gasteiger partial charge in [0.25, 0.3) is 5.91 Å². The van der Waals surface area contributed by atoms with Crippen molar-refractivity contribution in [2.24, 2.45) is 0 Å². The molecule has 1 heterocycles. The first-order chi connectivity index (χ1) is 10.0. The van der Waals surface area contributed by atoms with Crippen molar-refractivity contribution in [3.8, 4) is 11.5 Å². The number of anilines is 1. The Morgan fingerprint density at radius 1 is 1.10 bits per heavy atom. The lowest BCUT2D eigenvalue weighted by Crippen LogP contribution is -2.26. The first kappa shape index (κ1) is 14.8. The minimum Gasteiger partial charge on any atom is -0.497 e. The quantitative estimate of drug-likeness (QED) is 0.867. The number of methoxy groups -OCH3 is 2. The van der Waals surface area contributed by atoms with E-state index in [0.717, 1.165) is 5.69 Å². The molecule has 1 aromatic carbocycles. The van der Waals surface area contributed by atoms with E-state index in [1.54, 1.807) is 51.7 Å². The van der Waals surface area contributed by atoms with Gasteiger partial charge in [-0.3, -0.25) is 9.78 Å². The van der Waals surface area contributed by atoms with E-state index >= 15 is 0 Å². The van der Waals surface area contributed by atoms with Crippen molar-refractivity contribution in [2.75, 3.05) is 26.2 Å². The zero-order valence-corrected chi connectivity index (χ0v) is 12.6. The fourth-order valence-corrected chi connectivity index (χ4v) is 1.89. The molecule has 0 N–H and O–H groups in total. The van der Waals surface area contributed by atoms with Crippen LogP contribution in [-0.2, 0) is 0 Å². The highest BCUT2D eigenvalue weighted by atomic mass is 16.5. The molecule has 1 amide bonds. The number of aromatic nitrogens is 1. The van der Waals surface area contributed by atoms with Gasteiger partial charge in [0.2, 0.25) is 0 Å². The van der Waals surface area contributed by atoms with Crippen LogP contribution in [0.1, 0.15) is 16.1 Å². The van der Waals surface area contributed by atoms with Crippen LogP contribution in [0, 0.1) is 6.92 Å². The lowest BCUT2D eigenvalue weighted by Gasteiger charge is -2.19. The van der Waals surface area contributed by atoms with Crippen LogP contribution in [0.3, 0.4) is 0 Å². The zero-order valence-electron chi connectivity index (χ0n) is 12.6. The van der Waals surface area contributed by atoms with Crippen molar-refractivity contribution in [3.63, 3.8) is 0 Å². The third-order valence-electron chi connectivity index (χ3n) is 3.19. The number of amides is 1. The average Bonchev–Trinajstić information content (AvgIpc) is 2.53. The van der Waals surface area contributed by atoms with E-state index in [0.29, 0.717) is 22.7 Å². The van der Waals surface area contributed by atoms with E-state index in [4.69, 9.17) is 9.47 Å². The molecule has 21 heavy (non-hydrogen) atoms. The third-order valence-corrected chi connectivity index (χ3v) is 3.19. The molecule has 0 saturated carbocycles. The predicted molar refractivity (Wildman–Crippen MR) is 81.3 cm³/mol. The molecule has 5 heteroatoms. The standard InChI is InChI=1S/C16H18N2O3/c1-11-5-6-12(10-17-11)16(19)18(2)13-7-14(20-3)9-15(8-13)21-4/h5-10H,1-4H3. The SMILES string of the molecule is COc1cc(OC)cc(N(C)C(=O)c2ccc(C)nc2)c1. The summed E-state index contributed by atoms with van der Waals surface area (Å²) in [4.78, 5) is 18.1. The molecule has 0 fully saturated rings. The van der Waals surface area contributed by atoms with Crippen LogP contribution in [0.4, 0.5) is 5.69 Å². The first-order valence-electron chi connectivity index (χ1n) is 6.49. The smallest absolute Gasteiger partial charge is 0.259 e. The van der Waals surface area contributed by atoms with Crippen LogP contribution in [0.5, 0.6) is 11.5 Å². The van der Waals surface area contributed by atoms with Crippen molar-refractivity contribution in [1.29, 1.82) is 0 Å². The maximum absolute atomic E-state index is 12.5. The Kier molecular flexibility index (Phi) is 4.42. The largest absolute Gasteiger partial charge is 0.497 e. The molecule has 5 nitrogen and oxygen atoms in total. The number of aryl methyl sites for hydroxylation is 1. The summed E-state index contributed by atoms with van der Waals surface area (Å²) in [5.41, 5.74) is 2.10. The lowest BCUT2D eigenvalue weighted by atomic mass is 10.2. The Bertz CT molecular complexity index is 616. The van der Waals surface area contributed by atoms with Crippen molar-refractivity contribution < 1.29 is 14.3 Å². The highest BCUT2D eigenvalue weighted by molar-refractivity contribution is 6.05. The fourth-order valence-electron chi connectivity index (χ4n) is 1.89. The molecule has 0 aliphatic heterocycles. The van der Waals surface area contributed by atoms with Gasteiger partial charge in [-0.15, -0.1) is 0 Å². The van der Waals surface area contributed by atoms with Gasteiger partial charge in [0.05, 0.1) is 25.5 Å². The molecule has 0 spiro atoms. The Hall–Kier alpha value is -2.56. The molecule has 0 aliphatic rings. The molecule has 0 bridgehead atoms. The minimum atomic E-state index is -0.141. The molecule has 0 unspecified atom stereocenters. The topological polar surface area (TPSA) is 51.7 Å². The highest BCUT2D eigenvalue weighted by Crippen LogP contribution is 2.28. The lowest BCUT2D eigenvalue weighted by molar-refractivity contribution is 0.0992. The summed E-state index contributed by atoms with van der Waals surface area (Å²) in [5, 5.41) is 0. The molecule has 1 aromatic heterocycles. The Morgan fingerprint density at radius 2 is 1.71 bits per heavy atom. The number of nitrogens with zero attached hydrogens (tertiary/aromatic N) is 2. The number of benzene rings is 1. The summed E-state index contributed by atoms with van der Waals surface area (Å²) >= 11 is 0. The zero-order chi connectivity index (χ0) is 15.4. The monoisotopic (exact) mass is 286 g/mol. The van der Waals surface area contributed by atoms with E-state index < -0.39 is 0 Å². The fraction of sp³-hybridized carbons (Fsp3) is 0.250. The average molecular weight is 286 g/mol. The van der Waals surface area contributed by atoms with Crippen LogP contribution >= 0.6 is 0 Å². The maximum atomic E-state index is 12.5. The Morgan fingerprint density at radius 3 is 2.19 bits per heavy atom. The van der Waals surface area contributed by atoms with E-state index in [1.807, 2.05) is 13.0 Å². The van der Waals surface area contributed by atoms with Gasteiger partial charge in [0.1, 0.15) is 11.5 Å². The number of hydrogen-bond acceptors (Lipinski definition) is 4. The van der Waals surface area contributed by atoms with Crippen LogP contribution in [-0.4, -0.2) is 32.2 Å². The Balaban J connectivity index is 2.32. The first-order valence-corrected chi connectivity index (χ1v) is 6.49. The predicted octanol–water partition coefficient (Wildman–Crippen LogP) is 2.68. The van der Waals surface area contributed by atoms with Crippen LogP contribution in [0.25, 0.3) is 0 Å². The van der Waals surface area contributed by atoms with E-state index in [9.17, 15) is 4.79 Å². The van der Waals surface area contributed by atoms with E-state index in [1.165, 1.54) is 4.90 Å². The second kappa shape index (κ2) is 6.26. The molecule has 0 aliphatic carbocycles. The van der Waals surface area contributed by atoms with Crippen molar-refractivity contribution in [3.05, 3.63) is 47.8 Å². The van der Waals surface area contributed by atoms with Crippen LogP contribution in [0.15, 0.2) is 36.5 Å². The second-order valence-corrected chi connectivity index (χ2v) is 4.62. The second-order valence-electron chi connectivity index (χ2n) is 4.62. The number of pyridine rings is 1. The number of carbonyl (C=O) groups excluding carboxylic acids is 1. The molecule has 2 rings (SSSR count). The summed E-state index contributed by atoms with van der Waals surface area (Å²) in [7, 11) is 4.85. The summed E-state index contributed by atoms with van der Waals surface area (Å²) in [5.74, 6) is 1.12. The number of hydrogen-bond donors (Lipinski definition) is 0. The maximum Gasteiger partial charge on any atom is 0.259 e. The molecule has 2 aromatic rings. The van der Waals surface area contributed by atoms with Crippen LogP contribution in [0.2, 0.25) is 0 Å². The number of carbonyl (C=O) groups is 1. The van der Waals surface area contributed by atoms with Gasteiger partial charge in [-0.25, -0.2) is 0 Å². The van der Waals surface area contributed by atoms with Gasteiger partial charge in [-0.2, -0.15) is 0 Å². The van der Waals surface area contributed by atoms with Gasteiger partial charge >= 0.3 is 0 Å².